The Labute approximate surface area is 164 Å². The summed E-state index contributed by atoms with van der Waals surface area (Å²) >= 11 is 0. The van der Waals surface area contributed by atoms with Crippen LogP contribution in [0.4, 0.5) is 0 Å². The Bertz CT molecular complexity index is 878. The molecule has 2 aromatic rings. The minimum atomic E-state index is -0.470. The Hall–Kier alpha value is -2.57. The number of methoxy groups -OCH3 is 1. The molecule has 1 atom stereocenters. The van der Waals surface area contributed by atoms with Crippen LogP contribution in [0.25, 0.3) is 0 Å². The monoisotopic (exact) mass is 384 g/mol. The van der Waals surface area contributed by atoms with Crippen LogP contribution in [0.1, 0.15) is 56.3 Å². The Morgan fingerprint density at radius 3 is 2.68 bits per heavy atom. The van der Waals surface area contributed by atoms with E-state index in [1.165, 1.54) is 6.42 Å². The van der Waals surface area contributed by atoms with Gasteiger partial charge in [0, 0.05) is 19.0 Å². The molecule has 2 aliphatic rings. The number of ether oxygens (including phenoxy) is 1. The van der Waals surface area contributed by atoms with Gasteiger partial charge in [-0.3, -0.25) is 9.36 Å². The van der Waals surface area contributed by atoms with Gasteiger partial charge in [-0.25, -0.2) is 9.89 Å². The van der Waals surface area contributed by atoms with Crippen LogP contribution in [0.5, 0.6) is 5.75 Å². The zero-order chi connectivity index (χ0) is 19.6. The summed E-state index contributed by atoms with van der Waals surface area (Å²) in [4.78, 5) is 25.3. The summed E-state index contributed by atoms with van der Waals surface area (Å²) in [6.45, 7) is 0.588. The highest BCUT2D eigenvalue weighted by Gasteiger charge is 2.41. The Morgan fingerprint density at radius 1 is 1.21 bits per heavy atom. The minimum Gasteiger partial charge on any atom is -0.497 e. The molecule has 1 fully saturated rings. The number of aryl methyl sites for hydroxylation is 1. The molecule has 7 nitrogen and oxygen atoms in total. The number of nitrogens with one attached hydrogen (secondary N) is 2. The summed E-state index contributed by atoms with van der Waals surface area (Å²) < 4.78 is 6.97. The molecule has 1 saturated carbocycles. The predicted molar refractivity (Wildman–Crippen MR) is 105 cm³/mol. The molecule has 2 heterocycles. The van der Waals surface area contributed by atoms with Crippen molar-refractivity contribution in [1.82, 2.24) is 20.1 Å². The number of nitrogens with zero attached hydrogens (tertiary/aromatic N) is 2. The normalized spacial score (nSPS) is 21.4. The number of aromatic nitrogens is 3. The lowest BCUT2D eigenvalue weighted by Gasteiger charge is -2.37. The van der Waals surface area contributed by atoms with Crippen LogP contribution in [0.15, 0.2) is 29.1 Å². The fourth-order valence-electron chi connectivity index (χ4n) is 4.68. The van der Waals surface area contributed by atoms with Crippen LogP contribution >= 0.6 is 0 Å². The van der Waals surface area contributed by atoms with E-state index in [9.17, 15) is 9.59 Å². The maximum atomic E-state index is 13.5. The molecule has 0 spiro atoms. The maximum absolute atomic E-state index is 13.5. The lowest BCUT2D eigenvalue weighted by Crippen LogP contribution is -2.49. The zero-order valence-corrected chi connectivity index (χ0v) is 16.4. The van der Waals surface area contributed by atoms with Crippen molar-refractivity contribution in [2.45, 2.75) is 69.4 Å². The summed E-state index contributed by atoms with van der Waals surface area (Å²) in [6.07, 6.45) is 7.30. The average molecular weight is 384 g/mol. The highest BCUT2D eigenvalue weighted by molar-refractivity contribution is 5.88. The molecule has 1 aromatic heterocycles. The number of benzene rings is 1. The van der Waals surface area contributed by atoms with Crippen LogP contribution in [-0.2, 0) is 23.2 Å². The van der Waals surface area contributed by atoms with E-state index in [4.69, 9.17) is 4.74 Å². The summed E-state index contributed by atoms with van der Waals surface area (Å²) in [6, 6.07) is 8.01. The highest BCUT2D eigenvalue weighted by atomic mass is 16.5. The SMILES string of the molecule is COc1ccc(C2(C(=O)NC3CCc4n[nH]c(=O)n4CC3)CCCCC2)cc1. The Morgan fingerprint density at radius 2 is 1.96 bits per heavy atom. The molecule has 1 aromatic carbocycles. The van der Waals surface area contributed by atoms with Gasteiger partial charge in [0.05, 0.1) is 12.5 Å². The summed E-state index contributed by atoms with van der Waals surface area (Å²) in [5.74, 6) is 1.71. The molecule has 1 aliphatic carbocycles. The molecule has 1 aliphatic heterocycles. The number of aromatic amines is 1. The van der Waals surface area contributed by atoms with Crippen molar-refractivity contribution in [1.29, 1.82) is 0 Å². The molecule has 150 valence electrons. The van der Waals surface area contributed by atoms with E-state index < -0.39 is 5.41 Å². The van der Waals surface area contributed by atoms with E-state index in [0.717, 1.165) is 55.7 Å². The van der Waals surface area contributed by atoms with E-state index in [0.29, 0.717) is 13.0 Å². The Kier molecular flexibility index (Phi) is 5.24. The molecule has 4 rings (SSSR count). The molecule has 1 amide bonds. The number of hydrogen-bond acceptors (Lipinski definition) is 4. The van der Waals surface area contributed by atoms with Crippen molar-refractivity contribution in [3.8, 4) is 5.75 Å². The van der Waals surface area contributed by atoms with Crippen LogP contribution in [-0.4, -0.2) is 33.8 Å². The van der Waals surface area contributed by atoms with Gasteiger partial charge in [-0.15, -0.1) is 0 Å². The number of H-pyrrole nitrogens is 1. The standard InChI is InChI=1S/C21H28N4O3/c1-28-17-8-5-15(6-9-17)21(12-3-2-4-13-21)19(26)22-16-7-10-18-23-24-20(27)25(18)14-11-16/h5-6,8-9,16H,2-4,7,10-14H2,1H3,(H,22,26)(H,24,27). The van der Waals surface area contributed by atoms with E-state index in [1.807, 2.05) is 24.3 Å². The molecular weight excluding hydrogens is 356 g/mol. The lowest BCUT2D eigenvalue weighted by atomic mass is 9.68. The molecular formula is C21H28N4O3. The van der Waals surface area contributed by atoms with Crippen molar-refractivity contribution in [3.63, 3.8) is 0 Å². The fraction of sp³-hybridized carbons (Fsp3) is 0.571. The van der Waals surface area contributed by atoms with Crippen molar-refractivity contribution < 1.29 is 9.53 Å². The lowest BCUT2D eigenvalue weighted by molar-refractivity contribution is -0.128. The summed E-state index contributed by atoms with van der Waals surface area (Å²) in [7, 11) is 1.65. The first-order valence-electron chi connectivity index (χ1n) is 10.2. The van der Waals surface area contributed by atoms with Crippen molar-refractivity contribution >= 4 is 5.91 Å². The maximum Gasteiger partial charge on any atom is 0.343 e. The smallest absolute Gasteiger partial charge is 0.343 e. The minimum absolute atomic E-state index is 0.0608. The number of hydrogen-bond donors (Lipinski definition) is 2. The van der Waals surface area contributed by atoms with Crippen LogP contribution in [0.2, 0.25) is 0 Å². The van der Waals surface area contributed by atoms with Crippen molar-refractivity contribution in [2.24, 2.45) is 0 Å². The summed E-state index contributed by atoms with van der Waals surface area (Å²) in [5.41, 5.74) is 0.439. The second-order valence-electron chi connectivity index (χ2n) is 7.97. The Balaban J connectivity index is 1.52. The van der Waals surface area contributed by atoms with E-state index >= 15 is 0 Å². The molecule has 2 N–H and O–H groups in total. The van der Waals surface area contributed by atoms with Gasteiger partial charge in [0.1, 0.15) is 11.6 Å². The first-order chi connectivity index (χ1) is 13.6. The van der Waals surface area contributed by atoms with Gasteiger partial charge < -0.3 is 10.1 Å². The molecule has 0 bridgehead atoms. The zero-order valence-electron chi connectivity index (χ0n) is 16.4. The molecule has 7 heteroatoms. The van der Waals surface area contributed by atoms with Gasteiger partial charge in [0.15, 0.2) is 0 Å². The van der Waals surface area contributed by atoms with Crippen LogP contribution in [0.3, 0.4) is 0 Å². The van der Waals surface area contributed by atoms with Gasteiger partial charge in [0.2, 0.25) is 5.91 Å². The van der Waals surface area contributed by atoms with Gasteiger partial charge >= 0.3 is 5.69 Å². The van der Waals surface area contributed by atoms with Crippen LogP contribution < -0.4 is 15.7 Å². The third-order valence-corrected chi connectivity index (χ3v) is 6.37. The third kappa shape index (κ3) is 3.45. The van der Waals surface area contributed by atoms with E-state index in [1.54, 1.807) is 11.7 Å². The number of carbonyl (C=O) groups excluding carboxylic acids is 1. The van der Waals surface area contributed by atoms with Crippen molar-refractivity contribution in [2.75, 3.05) is 7.11 Å². The van der Waals surface area contributed by atoms with Gasteiger partial charge in [-0.1, -0.05) is 31.4 Å². The molecule has 0 radical (unpaired) electrons. The van der Waals surface area contributed by atoms with Gasteiger partial charge in [0.25, 0.3) is 0 Å². The van der Waals surface area contributed by atoms with Gasteiger partial charge in [-0.05, 0) is 43.4 Å². The quantitative estimate of drug-likeness (QED) is 0.847. The van der Waals surface area contributed by atoms with E-state index in [-0.39, 0.29) is 17.6 Å². The molecule has 0 saturated heterocycles. The number of carbonyl (C=O) groups is 1. The van der Waals surface area contributed by atoms with Crippen LogP contribution in [0, 0.1) is 0 Å². The second-order valence-corrected chi connectivity index (χ2v) is 7.97. The number of rotatable bonds is 4. The predicted octanol–water partition coefficient (Wildman–Crippen LogP) is 2.30. The van der Waals surface area contributed by atoms with Crippen molar-refractivity contribution in [3.05, 3.63) is 46.1 Å². The highest BCUT2D eigenvalue weighted by Crippen LogP contribution is 2.40. The largest absolute Gasteiger partial charge is 0.497 e. The van der Waals surface area contributed by atoms with E-state index in [2.05, 4.69) is 15.5 Å². The average Bonchev–Trinajstić information content (AvgIpc) is 2.96. The second kappa shape index (κ2) is 7.81. The number of fused-ring (bicyclic) bond motifs is 1. The third-order valence-electron chi connectivity index (χ3n) is 6.37. The molecule has 1 unspecified atom stereocenters. The summed E-state index contributed by atoms with van der Waals surface area (Å²) in [5, 5.41) is 9.93. The fourth-order valence-corrected chi connectivity index (χ4v) is 4.68. The topological polar surface area (TPSA) is 89.0 Å². The first-order valence-corrected chi connectivity index (χ1v) is 10.2. The molecule has 28 heavy (non-hydrogen) atoms. The first kappa shape index (κ1) is 18.8. The number of amides is 1. The van der Waals surface area contributed by atoms with Gasteiger partial charge in [-0.2, -0.15) is 5.10 Å².